The van der Waals surface area contributed by atoms with Gasteiger partial charge in [-0.1, -0.05) is 24.0 Å². The quantitative estimate of drug-likeness (QED) is 0.669. The van der Waals surface area contributed by atoms with Crippen molar-refractivity contribution in [2.24, 2.45) is 5.92 Å². The van der Waals surface area contributed by atoms with Crippen molar-refractivity contribution in [3.8, 4) is 11.8 Å². The minimum absolute atomic E-state index is 0.0152. The lowest BCUT2D eigenvalue weighted by Crippen LogP contribution is -2.59. The van der Waals surface area contributed by atoms with E-state index in [2.05, 4.69) is 22.1 Å². The summed E-state index contributed by atoms with van der Waals surface area (Å²) >= 11 is 0. The Balaban J connectivity index is 1.78. The maximum absolute atomic E-state index is 14.1. The number of rotatable bonds is 2. The predicted molar refractivity (Wildman–Crippen MR) is 98.8 cm³/mol. The molecule has 1 aromatic carbocycles. The normalized spacial score (nSPS) is 20.7. The summed E-state index contributed by atoms with van der Waals surface area (Å²) in [5.74, 6) is 4.83. The number of benzene rings is 1. The van der Waals surface area contributed by atoms with Crippen LogP contribution in [0.15, 0.2) is 35.5 Å². The Hall–Kier alpha value is -3.48. The second kappa shape index (κ2) is 6.55. The summed E-state index contributed by atoms with van der Waals surface area (Å²) in [6.45, 7) is 0.0280. The van der Waals surface area contributed by atoms with E-state index in [-0.39, 0.29) is 29.4 Å². The van der Waals surface area contributed by atoms with Gasteiger partial charge in [-0.25, -0.2) is 9.78 Å². The third-order valence-corrected chi connectivity index (χ3v) is 4.78. The Morgan fingerprint density at radius 2 is 2.07 bits per heavy atom. The van der Waals surface area contributed by atoms with Gasteiger partial charge in [0.25, 0.3) is 5.56 Å². The smallest absolute Gasteiger partial charge is 0.393 e. The molecule has 1 unspecified atom stereocenters. The lowest BCUT2D eigenvalue weighted by molar-refractivity contribution is -0.178. The van der Waals surface area contributed by atoms with Gasteiger partial charge in [-0.15, -0.1) is 0 Å². The first-order chi connectivity index (χ1) is 13.7. The highest BCUT2D eigenvalue weighted by Crippen LogP contribution is 2.44. The van der Waals surface area contributed by atoms with Crippen molar-refractivity contribution in [1.29, 1.82) is 0 Å². The number of hydrogen-bond acceptors (Lipinski definition) is 4. The SMILES string of the molecule is Nc1cncn(Cc2ccc3c(c2)NC(=O)NC3(C#CC2CC2)C(F)(F)F)c1=O. The van der Waals surface area contributed by atoms with Crippen LogP contribution in [0.25, 0.3) is 0 Å². The molecule has 1 aliphatic heterocycles. The zero-order valence-electron chi connectivity index (χ0n) is 15.0. The van der Waals surface area contributed by atoms with Gasteiger partial charge in [-0.3, -0.25) is 9.36 Å². The van der Waals surface area contributed by atoms with Crippen LogP contribution >= 0.6 is 0 Å². The van der Waals surface area contributed by atoms with Gasteiger partial charge < -0.3 is 16.4 Å². The van der Waals surface area contributed by atoms with Crippen LogP contribution < -0.4 is 21.9 Å². The van der Waals surface area contributed by atoms with Crippen LogP contribution in [0, 0.1) is 17.8 Å². The van der Waals surface area contributed by atoms with Gasteiger partial charge >= 0.3 is 12.2 Å². The molecule has 0 spiro atoms. The molecule has 4 rings (SSSR count). The second-order valence-electron chi connectivity index (χ2n) is 7.03. The fourth-order valence-electron chi connectivity index (χ4n) is 3.12. The number of amides is 2. The topological polar surface area (TPSA) is 102 Å². The molecule has 150 valence electrons. The number of anilines is 2. The van der Waals surface area contributed by atoms with Gasteiger partial charge in [0.05, 0.1) is 19.1 Å². The molecule has 2 heterocycles. The van der Waals surface area contributed by atoms with Gasteiger partial charge in [0.15, 0.2) is 0 Å². The fourth-order valence-corrected chi connectivity index (χ4v) is 3.12. The fraction of sp³-hybridized carbons (Fsp3) is 0.316. The summed E-state index contributed by atoms with van der Waals surface area (Å²) in [6, 6.07) is 3.10. The summed E-state index contributed by atoms with van der Waals surface area (Å²) in [6.07, 6.45) is -0.825. The van der Waals surface area contributed by atoms with Crippen LogP contribution in [0.5, 0.6) is 0 Å². The summed E-state index contributed by atoms with van der Waals surface area (Å²) in [7, 11) is 0. The first kappa shape index (κ1) is 18.9. The zero-order chi connectivity index (χ0) is 20.8. The number of carbonyl (C=O) groups is 1. The maximum atomic E-state index is 14.1. The van der Waals surface area contributed by atoms with Gasteiger partial charge in [0.1, 0.15) is 5.69 Å². The van der Waals surface area contributed by atoms with Crippen LogP contribution in [0.3, 0.4) is 0 Å². The lowest BCUT2D eigenvalue weighted by atomic mass is 9.85. The molecule has 1 aliphatic carbocycles. The molecule has 0 bridgehead atoms. The Kier molecular flexibility index (Phi) is 4.26. The van der Waals surface area contributed by atoms with Crippen LogP contribution in [-0.4, -0.2) is 21.8 Å². The number of urea groups is 1. The average molecular weight is 403 g/mol. The van der Waals surface area contributed by atoms with E-state index in [0.717, 1.165) is 12.8 Å². The van der Waals surface area contributed by atoms with Crippen molar-refractivity contribution in [2.45, 2.75) is 31.1 Å². The summed E-state index contributed by atoms with van der Waals surface area (Å²) in [5.41, 5.74) is 2.52. The number of halogens is 3. The van der Waals surface area contributed by atoms with Gasteiger partial charge in [0.2, 0.25) is 5.54 Å². The minimum Gasteiger partial charge on any atom is -0.393 e. The third kappa shape index (κ3) is 3.40. The molecular formula is C19H16F3N5O2. The van der Waals surface area contributed by atoms with Crippen LogP contribution in [0.2, 0.25) is 0 Å². The predicted octanol–water partition coefficient (Wildman–Crippen LogP) is 2.18. The molecule has 2 amide bonds. The highest BCUT2D eigenvalue weighted by Gasteiger charge is 2.59. The van der Waals surface area contributed by atoms with E-state index in [0.29, 0.717) is 5.56 Å². The van der Waals surface area contributed by atoms with Crippen LogP contribution in [0.1, 0.15) is 24.0 Å². The molecule has 2 aromatic rings. The average Bonchev–Trinajstić information content (AvgIpc) is 3.46. The largest absolute Gasteiger partial charge is 0.427 e. The van der Waals surface area contributed by atoms with Crippen molar-refractivity contribution >= 4 is 17.4 Å². The number of nitrogens with zero attached hydrogens (tertiary/aromatic N) is 2. The van der Waals surface area contributed by atoms with Crippen LogP contribution in [-0.2, 0) is 12.1 Å². The monoisotopic (exact) mass is 403 g/mol. The molecule has 1 aromatic heterocycles. The highest BCUT2D eigenvalue weighted by atomic mass is 19.4. The van der Waals surface area contributed by atoms with E-state index >= 15 is 0 Å². The van der Waals surface area contributed by atoms with Crippen molar-refractivity contribution in [2.75, 3.05) is 11.1 Å². The molecular weight excluding hydrogens is 387 g/mol. The first-order valence-corrected chi connectivity index (χ1v) is 8.81. The lowest BCUT2D eigenvalue weighted by Gasteiger charge is -2.37. The van der Waals surface area contributed by atoms with Crippen LogP contribution in [0.4, 0.5) is 29.3 Å². The van der Waals surface area contributed by atoms with Crippen molar-refractivity contribution in [1.82, 2.24) is 14.9 Å². The number of nitrogens with one attached hydrogen (secondary N) is 2. The Morgan fingerprint density at radius 1 is 1.31 bits per heavy atom. The number of nitrogens with two attached hydrogens (primary N) is 1. The molecule has 29 heavy (non-hydrogen) atoms. The first-order valence-electron chi connectivity index (χ1n) is 8.81. The van der Waals surface area contributed by atoms with E-state index in [1.807, 2.05) is 5.32 Å². The van der Waals surface area contributed by atoms with Crippen molar-refractivity contribution in [3.05, 3.63) is 52.2 Å². The number of alkyl halides is 3. The van der Waals surface area contributed by atoms with Gasteiger partial charge in [0, 0.05) is 17.2 Å². The van der Waals surface area contributed by atoms with E-state index in [4.69, 9.17) is 5.73 Å². The van der Waals surface area contributed by atoms with E-state index in [1.165, 1.54) is 35.3 Å². The Bertz CT molecular complexity index is 1110. The van der Waals surface area contributed by atoms with E-state index < -0.39 is 23.3 Å². The Morgan fingerprint density at radius 3 is 2.76 bits per heavy atom. The molecule has 0 saturated heterocycles. The number of carbonyl (C=O) groups excluding carboxylic acids is 1. The standard InChI is InChI=1S/C19H16F3N5O2/c20-19(21,22)18(6-5-11-1-2-11)13-4-3-12(7-15(13)25-17(29)26-18)9-27-10-24-8-14(23)16(27)28/h3-4,7-8,10-11H,1-2,9,23H2,(H2,25,26,29). The summed E-state index contributed by atoms with van der Waals surface area (Å²) in [5, 5.41) is 4.36. The summed E-state index contributed by atoms with van der Waals surface area (Å²) < 4.78 is 43.4. The molecule has 1 fully saturated rings. The number of aromatic nitrogens is 2. The number of nitrogen functional groups attached to an aromatic ring is 1. The number of hydrogen-bond donors (Lipinski definition) is 3. The molecule has 7 nitrogen and oxygen atoms in total. The molecule has 1 atom stereocenters. The van der Waals surface area contributed by atoms with Gasteiger partial charge in [-0.2, -0.15) is 13.2 Å². The highest BCUT2D eigenvalue weighted by molar-refractivity contribution is 5.95. The summed E-state index contributed by atoms with van der Waals surface area (Å²) in [4.78, 5) is 27.9. The van der Waals surface area contributed by atoms with Gasteiger partial charge in [-0.05, 0) is 24.5 Å². The van der Waals surface area contributed by atoms with Crippen molar-refractivity contribution in [3.63, 3.8) is 0 Å². The van der Waals surface area contributed by atoms with E-state index in [1.54, 1.807) is 0 Å². The molecule has 2 aliphatic rings. The zero-order valence-corrected chi connectivity index (χ0v) is 15.0. The van der Waals surface area contributed by atoms with E-state index in [9.17, 15) is 22.8 Å². The number of fused-ring (bicyclic) bond motifs is 1. The second-order valence-corrected chi connectivity index (χ2v) is 7.03. The Labute approximate surface area is 163 Å². The maximum Gasteiger partial charge on any atom is 0.427 e. The molecule has 10 heteroatoms. The van der Waals surface area contributed by atoms with Crippen molar-refractivity contribution < 1.29 is 18.0 Å². The molecule has 1 saturated carbocycles. The molecule has 0 radical (unpaired) electrons. The third-order valence-electron chi connectivity index (χ3n) is 4.78. The molecule has 4 N–H and O–H groups in total. The minimum atomic E-state index is -4.82.